The lowest BCUT2D eigenvalue weighted by Crippen LogP contribution is -2.12. The predicted octanol–water partition coefficient (Wildman–Crippen LogP) is 2.74. The van der Waals surface area contributed by atoms with E-state index in [1.54, 1.807) is 24.3 Å². The topological polar surface area (TPSA) is 63.3 Å². The molecule has 3 N–H and O–H groups in total. The van der Waals surface area contributed by atoms with Crippen LogP contribution in [0.5, 0.6) is 0 Å². The van der Waals surface area contributed by atoms with Crippen LogP contribution in [0.15, 0.2) is 48.5 Å². The highest BCUT2D eigenvalue weighted by atomic mass is 16.4. The number of nitrogens with two attached hydrogens (primary N) is 1. The second-order valence-electron chi connectivity index (χ2n) is 4.32. The number of hydrogen-bond donors (Lipinski definition) is 2. The van der Waals surface area contributed by atoms with E-state index in [4.69, 9.17) is 10.8 Å². The Balaban J connectivity index is 2.28. The van der Waals surface area contributed by atoms with Crippen molar-refractivity contribution in [1.29, 1.82) is 0 Å². The first-order valence-electron chi connectivity index (χ1n) is 5.73. The molecule has 0 heterocycles. The van der Waals surface area contributed by atoms with Gasteiger partial charge in [0.2, 0.25) is 0 Å². The van der Waals surface area contributed by atoms with Crippen molar-refractivity contribution in [2.75, 3.05) is 0 Å². The van der Waals surface area contributed by atoms with Gasteiger partial charge in [-0.15, -0.1) is 0 Å². The van der Waals surface area contributed by atoms with Gasteiger partial charge in [-0.1, -0.05) is 42.0 Å². The predicted molar refractivity (Wildman–Crippen MR) is 70.6 cm³/mol. The van der Waals surface area contributed by atoms with Gasteiger partial charge >= 0.3 is 5.97 Å². The third-order valence-electron chi connectivity index (χ3n) is 2.92. The molecule has 0 amide bonds. The highest BCUT2D eigenvalue weighted by Gasteiger charge is 2.10. The van der Waals surface area contributed by atoms with E-state index in [0.717, 1.165) is 16.7 Å². The molecule has 0 aliphatic heterocycles. The Kier molecular flexibility index (Phi) is 3.44. The Morgan fingerprint density at radius 1 is 1.11 bits per heavy atom. The lowest BCUT2D eigenvalue weighted by molar-refractivity contribution is 0.0697. The fourth-order valence-electron chi connectivity index (χ4n) is 1.89. The van der Waals surface area contributed by atoms with Crippen molar-refractivity contribution in [3.05, 3.63) is 70.8 Å². The summed E-state index contributed by atoms with van der Waals surface area (Å²) < 4.78 is 0. The third-order valence-corrected chi connectivity index (χ3v) is 2.92. The minimum Gasteiger partial charge on any atom is -0.478 e. The second-order valence-corrected chi connectivity index (χ2v) is 4.32. The van der Waals surface area contributed by atoms with Gasteiger partial charge in [-0.2, -0.15) is 0 Å². The van der Waals surface area contributed by atoms with Crippen LogP contribution < -0.4 is 5.73 Å². The molecule has 0 aromatic heterocycles. The van der Waals surface area contributed by atoms with Crippen molar-refractivity contribution < 1.29 is 9.90 Å². The number of aromatic carboxylic acids is 1. The zero-order valence-corrected chi connectivity index (χ0v) is 10.1. The molecule has 2 aromatic rings. The molecule has 0 aliphatic carbocycles. The number of carboxylic acid groups (broad SMARTS) is 1. The van der Waals surface area contributed by atoms with Gasteiger partial charge in [0.15, 0.2) is 0 Å². The van der Waals surface area contributed by atoms with Crippen LogP contribution in [0.3, 0.4) is 0 Å². The molecule has 3 heteroatoms. The smallest absolute Gasteiger partial charge is 0.335 e. The van der Waals surface area contributed by atoms with E-state index in [1.807, 2.05) is 31.2 Å². The molecule has 0 bridgehead atoms. The Morgan fingerprint density at radius 2 is 1.78 bits per heavy atom. The Labute approximate surface area is 106 Å². The lowest BCUT2D eigenvalue weighted by Gasteiger charge is -2.13. The molecule has 18 heavy (non-hydrogen) atoms. The minimum atomic E-state index is -0.925. The summed E-state index contributed by atoms with van der Waals surface area (Å²) in [5.41, 5.74) is 9.53. The Morgan fingerprint density at radius 3 is 2.33 bits per heavy atom. The summed E-state index contributed by atoms with van der Waals surface area (Å²) in [6.07, 6.45) is 0. The number of carbonyl (C=O) groups is 1. The fourth-order valence-corrected chi connectivity index (χ4v) is 1.89. The Hall–Kier alpha value is -2.13. The molecule has 1 atom stereocenters. The van der Waals surface area contributed by atoms with Gasteiger partial charge in [0.25, 0.3) is 0 Å². The molecule has 3 nitrogen and oxygen atoms in total. The van der Waals surface area contributed by atoms with Crippen molar-refractivity contribution in [1.82, 2.24) is 0 Å². The molecule has 92 valence electrons. The molecule has 2 aromatic carbocycles. The van der Waals surface area contributed by atoms with Crippen molar-refractivity contribution in [3.63, 3.8) is 0 Å². The van der Waals surface area contributed by atoms with Gasteiger partial charge in [0.05, 0.1) is 11.6 Å². The average molecular weight is 241 g/mol. The summed E-state index contributed by atoms with van der Waals surface area (Å²) in [7, 11) is 0. The first-order valence-corrected chi connectivity index (χ1v) is 5.73. The summed E-state index contributed by atoms with van der Waals surface area (Å²) in [5, 5.41) is 8.84. The maximum atomic E-state index is 10.8. The first-order chi connectivity index (χ1) is 8.58. The zero-order valence-electron chi connectivity index (χ0n) is 10.1. The van der Waals surface area contributed by atoms with E-state index >= 15 is 0 Å². The molecule has 0 fully saturated rings. The summed E-state index contributed by atoms with van der Waals surface area (Å²) >= 11 is 0. The first kappa shape index (κ1) is 12.3. The van der Waals surface area contributed by atoms with Crippen LogP contribution in [-0.2, 0) is 0 Å². The molecule has 0 aliphatic rings. The summed E-state index contributed by atoms with van der Waals surface area (Å²) in [4.78, 5) is 10.8. The quantitative estimate of drug-likeness (QED) is 0.868. The van der Waals surface area contributed by atoms with Gasteiger partial charge in [0.1, 0.15) is 0 Å². The summed E-state index contributed by atoms with van der Waals surface area (Å²) in [6.45, 7) is 2.02. The van der Waals surface area contributed by atoms with Crippen LogP contribution in [0, 0.1) is 6.92 Å². The molecule has 0 radical (unpaired) electrons. The van der Waals surface area contributed by atoms with Crippen molar-refractivity contribution in [2.45, 2.75) is 13.0 Å². The van der Waals surface area contributed by atoms with Crippen LogP contribution in [-0.4, -0.2) is 11.1 Å². The van der Waals surface area contributed by atoms with E-state index in [0.29, 0.717) is 0 Å². The van der Waals surface area contributed by atoms with E-state index in [-0.39, 0.29) is 11.6 Å². The minimum absolute atomic E-state index is 0.229. The van der Waals surface area contributed by atoms with Crippen LogP contribution in [0.25, 0.3) is 0 Å². The number of rotatable bonds is 3. The summed E-state index contributed by atoms with van der Waals surface area (Å²) in [6, 6.07) is 14.4. The van der Waals surface area contributed by atoms with Crippen LogP contribution >= 0.6 is 0 Å². The fraction of sp³-hybridized carbons (Fsp3) is 0.133. The highest BCUT2D eigenvalue weighted by molar-refractivity contribution is 5.87. The van der Waals surface area contributed by atoms with Crippen molar-refractivity contribution in [2.24, 2.45) is 5.73 Å². The SMILES string of the molecule is Cc1cccc(C(N)c2ccc(C(=O)O)cc2)c1. The van der Waals surface area contributed by atoms with Crippen LogP contribution in [0.2, 0.25) is 0 Å². The third kappa shape index (κ3) is 2.57. The normalized spacial score (nSPS) is 12.1. The molecule has 0 spiro atoms. The van der Waals surface area contributed by atoms with Gasteiger partial charge < -0.3 is 10.8 Å². The zero-order chi connectivity index (χ0) is 13.1. The highest BCUT2D eigenvalue weighted by Crippen LogP contribution is 2.20. The van der Waals surface area contributed by atoms with E-state index in [9.17, 15) is 4.79 Å². The Bertz CT molecular complexity index is 561. The largest absolute Gasteiger partial charge is 0.478 e. The van der Waals surface area contributed by atoms with Crippen molar-refractivity contribution in [3.8, 4) is 0 Å². The lowest BCUT2D eigenvalue weighted by atomic mass is 9.97. The van der Waals surface area contributed by atoms with Crippen molar-refractivity contribution >= 4 is 5.97 Å². The number of hydrogen-bond acceptors (Lipinski definition) is 2. The summed E-state index contributed by atoms with van der Waals surface area (Å²) in [5.74, 6) is -0.925. The number of benzene rings is 2. The molecule has 0 saturated carbocycles. The van der Waals surface area contributed by atoms with Gasteiger partial charge in [-0.25, -0.2) is 4.79 Å². The average Bonchev–Trinajstić information content (AvgIpc) is 2.38. The van der Waals surface area contributed by atoms with Crippen LogP contribution in [0.4, 0.5) is 0 Å². The molecular weight excluding hydrogens is 226 g/mol. The monoisotopic (exact) mass is 241 g/mol. The molecule has 1 unspecified atom stereocenters. The number of carboxylic acids is 1. The molecule has 0 saturated heterocycles. The van der Waals surface area contributed by atoms with Gasteiger partial charge in [0, 0.05) is 0 Å². The van der Waals surface area contributed by atoms with Gasteiger partial charge in [-0.3, -0.25) is 0 Å². The van der Waals surface area contributed by atoms with Crippen LogP contribution in [0.1, 0.15) is 33.1 Å². The van der Waals surface area contributed by atoms with E-state index in [1.165, 1.54) is 0 Å². The maximum Gasteiger partial charge on any atom is 0.335 e. The standard InChI is InChI=1S/C15H15NO2/c1-10-3-2-4-13(9-10)14(16)11-5-7-12(8-6-11)15(17)18/h2-9,14H,16H2,1H3,(H,17,18). The van der Waals surface area contributed by atoms with Gasteiger partial charge in [-0.05, 0) is 30.2 Å². The number of aryl methyl sites for hydroxylation is 1. The molecule has 2 rings (SSSR count). The second kappa shape index (κ2) is 5.02. The molecular formula is C15H15NO2. The maximum absolute atomic E-state index is 10.8. The van der Waals surface area contributed by atoms with E-state index < -0.39 is 5.97 Å². The van der Waals surface area contributed by atoms with E-state index in [2.05, 4.69) is 0 Å².